The van der Waals surface area contributed by atoms with Gasteiger partial charge in [-0.15, -0.1) is 6.42 Å². The van der Waals surface area contributed by atoms with Crippen LogP contribution in [0, 0.1) is 18.3 Å². The van der Waals surface area contributed by atoms with Gasteiger partial charge in [-0.2, -0.15) is 0 Å². The van der Waals surface area contributed by atoms with Crippen LogP contribution in [0.4, 0.5) is 0 Å². The highest BCUT2D eigenvalue weighted by Gasteiger charge is 2.43. The molecule has 0 bridgehead atoms. The third-order valence-corrected chi connectivity index (χ3v) is 5.06. The summed E-state index contributed by atoms with van der Waals surface area (Å²) in [7, 11) is -2.41. The molecular formula is C8H13O2P. The van der Waals surface area contributed by atoms with Crippen molar-refractivity contribution in [3.63, 3.8) is 0 Å². The highest BCUT2D eigenvalue weighted by atomic mass is 31.2. The number of hydrogen-bond acceptors (Lipinski definition) is 2. The van der Waals surface area contributed by atoms with Crippen LogP contribution in [0.5, 0.6) is 0 Å². The van der Waals surface area contributed by atoms with E-state index in [9.17, 15) is 4.57 Å². The summed E-state index contributed by atoms with van der Waals surface area (Å²) in [6.45, 7) is 5.58. The average molecular weight is 172 g/mol. The van der Waals surface area contributed by atoms with E-state index in [-0.39, 0.29) is 17.7 Å². The number of terminal acetylenes is 1. The van der Waals surface area contributed by atoms with E-state index in [1.165, 1.54) is 0 Å². The van der Waals surface area contributed by atoms with E-state index in [2.05, 4.69) is 5.92 Å². The Balaban J connectivity index is 2.88. The minimum Gasteiger partial charge on any atom is -0.312 e. The standard InChI is InChI=1S/C8H13O2P/c1-5-8-6(2)7(3)11(4,9)10-8/h1,6-8H,2-4H3. The Kier molecular flexibility index (Phi) is 2.14. The van der Waals surface area contributed by atoms with Crippen LogP contribution in [-0.2, 0) is 9.09 Å². The van der Waals surface area contributed by atoms with Crippen LogP contribution in [0.2, 0.25) is 0 Å². The highest BCUT2D eigenvalue weighted by molar-refractivity contribution is 7.59. The summed E-state index contributed by atoms with van der Waals surface area (Å²) >= 11 is 0. The van der Waals surface area contributed by atoms with Gasteiger partial charge < -0.3 is 4.52 Å². The molecule has 4 unspecified atom stereocenters. The molecule has 0 aromatic heterocycles. The van der Waals surface area contributed by atoms with Gasteiger partial charge in [-0.3, -0.25) is 4.57 Å². The maximum absolute atomic E-state index is 11.6. The van der Waals surface area contributed by atoms with E-state index >= 15 is 0 Å². The second-order valence-corrected chi connectivity index (χ2v) is 6.04. The minimum atomic E-state index is -2.41. The highest BCUT2D eigenvalue weighted by Crippen LogP contribution is 2.58. The molecule has 0 saturated carbocycles. The molecule has 1 fully saturated rings. The monoisotopic (exact) mass is 172 g/mol. The normalized spacial score (nSPS) is 50.5. The van der Waals surface area contributed by atoms with Gasteiger partial charge in [0.15, 0.2) is 0 Å². The van der Waals surface area contributed by atoms with Crippen molar-refractivity contribution in [1.82, 2.24) is 0 Å². The van der Waals surface area contributed by atoms with E-state index < -0.39 is 7.37 Å². The lowest BCUT2D eigenvalue weighted by Gasteiger charge is -2.10. The lowest BCUT2D eigenvalue weighted by molar-refractivity contribution is 0.251. The van der Waals surface area contributed by atoms with Crippen molar-refractivity contribution >= 4 is 7.37 Å². The van der Waals surface area contributed by atoms with Crippen LogP contribution in [0.15, 0.2) is 0 Å². The molecule has 0 N–H and O–H groups in total. The van der Waals surface area contributed by atoms with E-state index in [4.69, 9.17) is 10.9 Å². The largest absolute Gasteiger partial charge is 0.312 e. The van der Waals surface area contributed by atoms with Crippen LogP contribution in [0.25, 0.3) is 0 Å². The van der Waals surface area contributed by atoms with Crippen LogP contribution in [0.3, 0.4) is 0 Å². The fourth-order valence-electron chi connectivity index (χ4n) is 1.28. The maximum atomic E-state index is 11.6. The van der Waals surface area contributed by atoms with Crippen LogP contribution >= 0.6 is 7.37 Å². The summed E-state index contributed by atoms with van der Waals surface area (Å²) in [5.74, 6) is 2.72. The summed E-state index contributed by atoms with van der Waals surface area (Å²) in [5.41, 5.74) is 0.101. The van der Waals surface area contributed by atoms with E-state index in [1.807, 2.05) is 13.8 Å². The summed E-state index contributed by atoms with van der Waals surface area (Å²) in [6.07, 6.45) is 4.96. The van der Waals surface area contributed by atoms with Gasteiger partial charge in [0.05, 0.1) is 0 Å². The molecule has 0 aromatic rings. The summed E-state index contributed by atoms with van der Waals surface area (Å²) in [4.78, 5) is 0. The Morgan fingerprint density at radius 1 is 1.55 bits per heavy atom. The fraction of sp³-hybridized carbons (Fsp3) is 0.750. The smallest absolute Gasteiger partial charge is 0.204 e. The first-order valence-electron chi connectivity index (χ1n) is 3.70. The molecule has 0 aliphatic carbocycles. The zero-order valence-electron chi connectivity index (χ0n) is 7.07. The Morgan fingerprint density at radius 2 is 2.09 bits per heavy atom. The molecule has 62 valence electrons. The first-order valence-corrected chi connectivity index (χ1v) is 5.85. The summed E-state index contributed by atoms with van der Waals surface area (Å²) in [5, 5.41) is 0. The number of hydrogen-bond donors (Lipinski definition) is 0. The zero-order valence-corrected chi connectivity index (χ0v) is 7.97. The molecule has 3 heteroatoms. The summed E-state index contributed by atoms with van der Waals surface area (Å²) in [6, 6.07) is 0. The summed E-state index contributed by atoms with van der Waals surface area (Å²) < 4.78 is 16.8. The van der Waals surface area contributed by atoms with Crippen molar-refractivity contribution in [2.24, 2.45) is 5.92 Å². The predicted octanol–water partition coefficient (Wildman–Crippen LogP) is 1.95. The van der Waals surface area contributed by atoms with Gasteiger partial charge in [0.1, 0.15) is 6.10 Å². The first kappa shape index (κ1) is 8.84. The van der Waals surface area contributed by atoms with Crippen LogP contribution < -0.4 is 0 Å². The Hall–Kier alpha value is -0.250. The molecule has 1 saturated heterocycles. The van der Waals surface area contributed by atoms with Crippen molar-refractivity contribution in [3.8, 4) is 12.3 Å². The average Bonchev–Trinajstić information content (AvgIpc) is 2.13. The van der Waals surface area contributed by atoms with Crippen molar-refractivity contribution in [2.45, 2.75) is 25.6 Å². The fourth-order valence-corrected chi connectivity index (χ4v) is 3.19. The molecule has 0 radical (unpaired) electrons. The van der Waals surface area contributed by atoms with Gasteiger partial charge in [0, 0.05) is 18.2 Å². The molecule has 0 aromatic carbocycles. The van der Waals surface area contributed by atoms with Gasteiger partial charge in [0.25, 0.3) is 0 Å². The van der Waals surface area contributed by atoms with Gasteiger partial charge in [-0.25, -0.2) is 0 Å². The van der Waals surface area contributed by atoms with Crippen molar-refractivity contribution in [3.05, 3.63) is 0 Å². The number of rotatable bonds is 0. The third kappa shape index (κ3) is 1.36. The Bertz CT molecular complexity index is 241. The second-order valence-electron chi connectivity index (χ2n) is 3.20. The molecule has 11 heavy (non-hydrogen) atoms. The van der Waals surface area contributed by atoms with Crippen LogP contribution in [0.1, 0.15) is 13.8 Å². The lowest BCUT2D eigenvalue weighted by Crippen LogP contribution is -2.15. The molecule has 0 spiro atoms. The predicted molar refractivity (Wildman–Crippen MR) is 45.9 cm³/mol. The van der Waals surface area contributed by atoms with Gasteiger partial charge in [-0.1, -0.05) is 19.8 Å². The van der Waals surface area contributed by atoms with Crippen molar-refractivity contribution < 1.29 is 9.09 Å². The maximum Gasteiger partial charge on any atom is 0.204 e. The molecule has 0 amide bonds. The molecule has 2 nitrogen and oxygen atoms in total. The third-order valence-electron chi connectivity index (χ3n) is 2.47. The van der Waals surface area contributed by atoms with E-state index in [1.54, 1.807) is 6.66 Å². The van der Waals surface area contributed by atoms with E-state index in [0.29, 0.717) is 0 Å². The second kappa shape index (κ2) is 2.66. The molecule has 1 heterocycles. The molecule has 1 aliphatic rings. The Morgan fingerprint density at radius 3 is 2.27 bits per heavy atom. The lowest BCUT2D eigenvalue weighted by atomic mass is 10.0. The first-order chi connectivity index (χ1) is 4.99. The zero-order chi connectivity index (χ0) is 8.65. The quantitative estimate of drug-likeness (QED) is 0.412. The van der Waals surface area contributed by atoms with E-state index in [0.717, 1.165) is 0 Å². The Labute approximate surface area is 67.8 Å². The molecule has 1 aliphatic heterocycles. The van der Waals surface area contributed by atoms with Gasteiger partial charge in [-0.05, 0) is 0 Å². The van der Waals surface area contributed by atoms with Crippen molar-refractivity contribution in [2.75, 3.05) is 6.66 Å². The van der Waals surface area contributed by atoms with Gasteiger partial charge >= 0.3 is 0 Å². The van der Waals surface area contributed by atoms with Crippen molar-refractivity contribution in [1.29, 1.82) is 0 Å². The topological polar surface area (TPSA) is 26.3 Å². The SMILES string of the molecule is C#CC1OP(C)(=O)C(C)C1C. The molecule has 4 atom stereocenters. The van der Waals surface area contributed by atoms with Crippen LogP contribution in [-0.4, -0.2) is 18.4 Å². The minimum absolute atomic E-state index is 0.101. The molecule has 1 rings (SSSR count). The molecular weight excluding hydrogens is 159 g/mol. The van der Waals surface area contributed by atoms with Gasteiger partial charge in [0.2, 0.25) is 7.37 Å².